The third kappa shape index (κ3) is 6.43. The maximum absolute atomic E-state index is 13.1. The Labute approximate surface area is 194 Å². The van der Waals surface area contributed by atoms with Crippen molar-refractivity contribution in [1.82, 2.24) is 10.2 Å². The highest BCUT2D eigenvalue weighted by molar-refractivity contribution is 7.19. The number of halogens is 2. The molecule has 0 saturated heterocycles. The van der Waals surface area contributed by atoms with E-state index in [1.165, 1.54) is 0 Å². The van der Waals surface area contributed by atoms with Crippen LogP contribution < -0.4 is 4.90 Å². The molecule has 0 radical (unpaired) electrons. The fourth-order valence-electron chi connectivity index (χ4n) is 3.16. The van der Waals surface area contributed by atoms with Crippen LogP contribution in [0.4, 0.5) is 19.3 Å². The molecule has 0 N–H and O–H groups in total. The molecule has 0 spiro atoms. The number of thiophene rings is 2. The molecule has 3 aromatic rings. The highest BCUT2D eigenvalue weighted by Crippen LogP contribution is 2.37. The van der Waals surface area contributed by atoms with E-state index in [0.29, 0.717) is 25.1 Å². The van der Waals surface area contributed by atoms with E-state index in [1.807, 2.05) is 45.2 Å². The molecule has 3 rings (SSSR count). The van der Waals surface area contributed by atoms with Crippen molar-refractivity contribution in [3.05, 3.63) is 39.0 Å². The molecule has 0 aliphatic carbocycles. The SMILES string of the molecule is Cc1c(CCCCOC(F)F)sc2c(N(Cc3cccs3)C(=O)OC(C)(C)C)cnnc12. The molecule has 3 aromatic heterocycles. The van der Waals surface area contributed by atoms with Gasteiger partial charge in [0.05, 0.1) is 29.7 Å². The number of aromatic nitrogens is 2. The Morgan fingerprint density at radius 1 is 1.28 bits per heavy atom. The lowest BCUT2D eigenvalue weighted by molar-refractivity contribution is -0.129. The van der Waals surface area contributed by atoms with Gasteiger partial charge in [0.1, 0.15) is 11.1 Å². The van der Waals surface area contributed by atoms with Gasteiger partial charge in [-0.25, -0.2) is 4.79 Å². The Morgan fingerprint density at radius 3 is 2.72 bits per heavy atom. The fourth-order valence-corrected chi connectivity index (χ4v) is 5.15. The molecule has 0 aliphatic heterocycles. The van der Waals surface area contributed by atoms with Crippen LogP contribution >= 0.6 is 22.7 Å². The van der Waals surface area contributed by atoms with Crippen LogP contribution in [0.2, 0.25) is 0 Å². The van der Waals surface area contributed by atoms with E-state index in [2.05, 4.69) is 14.9 Å². The first-order valence-electron chi connectivity index (χ1n) is 10.3. The molecular weight excluding hydrogens is 456 g/mol. The summed E-state index contributed by atoms with van der Waals surface area (Å²) in [6, 6.07) is 3.92. The summed E-state index contributed by atoms with van der Waals surface area (Å²) in [7, 11) is 0. The van der Waals surface area contributed by atoms with Gasteiger partial charge in [-0.1, -0.05) is 6.07 Å². The van der Waals surface area contributed by atoms with Crippen molar-refractivity contribution in [3.8, 4) is 0 Å². The van der Waals surface area contributed by atoms with Gasteiger partial charge in [0.15, 0.2) is 0 Å². The van der Waals surface area contributed by atoms with Gasteiger partial charge < -0.3 is 9.47 Å². The lowest BCUT2D eigenvalue weighted by Gasteiger charge is -2.27. The summed E-state index contributed by atoms with van der Waals surface area (Å²) >= 11 is 3.12. The maximum atomic E-state index is 13.1. The van der Waals surface area contributed by atoms with Gasteiger partial charge in [-0.05, 0) is 64.0 Å². The molecule has 0 saturated carbocycles. The summed E-state index contributed by atoms with van der Waals surface area (Å²) in [5.41, 5.74) is 1.75. The molecule has 0 fully saturated rings. The zero-order chi connectivity index (χ0) is 23.3. The Bertz CT molecular complexity index is 1030. The van der Waals surface area contributed by atoms with Crippen LogP contribution in [0.25, 0.3) is 10.2 Å². The lowest BCUT2D eigenvalue weighted by atomic mass is 10.1. The number of carbonyl (C=O) groups is 1. The number of alkyl halides is 2. The maximum Gasteiger partial charge on any atom is 0.415 e. The number of ether oxygens (including phenoxy) is 2. The normalized spacial score (nSPS) is 12.0. The van der Waals surface area contributed by atoms with Crippen LogP contribution in [0.3, 0.4) is 0 Å². The number of nitrogens with zero attached hydrogens (tertiary/aromatic N) is 3. The van der Waals surface area contributed by atoms with Crippen molar-refractivity contribution in [2.75, 3.05) is 11.5 Å². The van der Waals surface area contributed by atoms with E-state index in [1.54, 1.807) is 33.8 Å². The summed E-state index contributed by atoms with van der Waals surface area (Å²) < 4.78 is 35.1. The largest absolute Gasteiger partial charge is 0.443 e. The van der Waals surface area contributed by atoms with Gasteiger partial charge in [-0.2, -0.15) is 13.9 Å². The number of amides is 1. The third-order valence-corrected chi connectivity index (χ3v) is 6.85. The fraction of sp³-hybridized carbons (Fsp3) is 0.500. The van der Waals surface area contributed by atoms with Crippen molar-refractivity contribution >= 4 is 44.7 Å². The summed E-state index contributed by atoms with van der Waals surface area (Å²) in [6.07, 6.45) is 3.12. The number of hydrogen-bond donors (Lipinski definition) is 0. The molecular formula is C22H27F2N3O3S2. The van der Waals surface area contributed by atoms with Gasteiger partial charge in [0.25, 0.3) is 0 Å². The third-order valence-electron chi connectivity index (χ3n) is 4.62. The standard InChI is InChI=1S/C22H27F2N3O3S2/c1-14-17(9-5-6-10-29-20(23)24)32-19-16(12-25-26-18(14)19)27(13-15-8-7-11-31-15)21(28)30-22(2,3)4/h7-8,11-12,20H,5-6,9-10,13H2,1-4H3. The zero-order valence-corrected chi connectivity index (χ0v) is 20.2. The Morgan fingerprint density at radius 2 is 2.06 bits per heavy atom. The monoisotopic (exact) mass is 483 g/mol. The van der Waals surface area contributed by atoms with E-state index in [4.69, 9.17) is 4.74 Å². The summed E-state index contributed by atoms with van der Waals surface area (Å²) in [5, 5.41) is 10.4. The lowest BCUT2D eigenvalue weighted by Crippen LogP contribution is -2.36. The molecule has 3 heterocycles. The zero-order valence-electron chi connectivity index (χ0n) is 18.6. The van der Waals surface area contributed by atoms with Crippen LogP contribution in [-0.4, -0.2) is 35.1 Å². The summed E-state index contributed by atoms with van der Waals surface area (Å²) in [6.45, 7) is 5.13. The first-order valence-corrected chi connectivity index (χ1v) is 12.0. The van der Waals surface area contributed by atoms with Crippen LogP contribution in [-0.2, 0) is 22.4 Å². The van der Waals surface area contributed by atoms with Crippen LogP contribution in [0.1, 0.15) is 48.9 Å². The molecule has 1 amide bonds. The number of unbranched alkanes of at least 4 members (excludes halogenated alkanes) is 1. The van der Waals surface area contributed by atoms with E-state index in [9.17, 15) is 13.6 Å². The molecule has 10 heteroatoms. The van der Waals surface area contributed by atoms with Crippen LogP contribution in [0, 0.1) is 6.92 Å². The number of rotatable bonds is 9. The van der Waals surface area contributed by atoms with Gasteiger partial charge in [0.2, 0.25) is 0 Å². The Kier molecular flexibility index (Phi) is 8.13. The van der Waals surface area contributed by atoms with Crippen molar-refractivity contribution in [2.45, 2.75) is 65.7 Å². The second kappa shape index (κ2) is 10.6. The molecule has 0 unspecified atom stereocenters. The van der Waals surface area contributed by atoms with Crippen molar-refractivity contribution in [1.29, 1.82) is 0 Å². The minimum atomic E-state index is -2.74. The Balaban J connectivity index is 1.89. The van der Waals surface area contributed by atoms with Gasteiger partial charge in [0, 0.05) is 9.75 Å². The van der Waals surface area contributed by atoms with Gasteiger partial charge in [-0.3, -0.25) is 4.90 Å². The Hall–Kier alpha value is -2.17. The number of fused-ring (bicyclic) bond motifs is 1. The second-order valence-corrected chi connectivity index (χ2v) is 10.4. The van der Waals surface area contributed by atoms with Crippen LogP contribution in [0.5, 0.6) is 0 Å². The molecule has 0 bridgehead atoms. The highest BCUT2D eigenvalue weighted by atomic mass is 32.1. The van der Waals surface area contributed by atoms with Crippen molar-refractivity contribution < 1.29 is 23.0 Å². The number of hydrogen-bond acceptors (Lipinski definition) is 7. The predicted molar refractivity (Wildman–Crippen MR) is 124 cm³/mol. The summed E-state index contributed by atoms with van der Waals surface area (Å²) in [4.78, 5) is 16.8. The topological polar surface area (TPSA) is 64.5 Å². The average molecular weight is 484 g/mol. The quantitative estimate of drug-likeness (QED) is 0.322. The number of carbonyl (C=O) groups excluding carboxylic acids is 1. The highest BCUT2D eigenvalue weighted by Gasteiger charge is 2.27. The van der Waals surface area contributed by atoms with E-state index >= 15 is 0 Å². The van der Waals surface area contributed by atoms with Crippen LogP contribution in [0.15, 0.2) is 23.7 Å². The van der Waals surface area contributed by atoms with Crippen molar-refractivity contribution in [2.24, 2.45) is 0 Å². The smallest absolute Gasteiger partial charge is 0.415 e. The molecule has 0 atom stereocenters. The van der Waals surface area contributed by atoms with Gasteiger partial charge >= 0.3 is 12.7 Å². The minimum Gasteiger partial charge on any atom is -0.443 e. The van der Waals surface area contributed by atoms with Gasteiger partial charge in [-0.15, -0.1) is 27.8 Å². The second-order valence-electron chi connectivity index (χ2n) is 8.29. The van der Waals surface area contributed by atoms with E-state index < -0.39 is 18.3 Å². The first kappa shape index (κ1) is 24.5. The number of aryl methyl sites for hydroxylation is 2. The molecule has 174 valence electrons. The predicted octanol–water partition coefficient (Wildman–Crippen LogP) is 6.56. The average Bonchev–Trinajstić information content (AvgIpc) is 3.32. The van der Waals surface area contributed by atoms with E-state index in [-0.39, 0.29) is 6.61 Å². The summed E-state index contributed by atoms with van der Waals surface area (Å²) in [5.74, 6) is 0. The first-order chi connectivity index (χ1) is 15.2. The molecule has 32 heavy (non-hydrogen) atoms. The molecule has 6 nitrogen and oxygen atoms in total. The molecule has 0 aliphatic rings. The van der Waals surface area contributed by atoms with E-state index in [0.717, 1.165) is 32.0 Å². The number of anilines is 1. The molecule has 0 aromatic carbocycles. The minimum absolute atomic E-state index is 0.0277. The van der Waals surface area contributed by atoms with Crippen molar-refractivity contribution in [3.63, 3.8) is 0 Å².